The van der Waals surface area contributed by atoms with Crippen molar-refractivity contribution in [1.29, 1.82) is 0 Å². The average molecular weight is 447 g/mol. The lowest BCUT2D eigenvalue weighted by molar-refractivity contribution is 0.0905. The molecule has 2 rings (SSSR count). The van der Waals surface area contributed by atoms with E-state index in [0.717, 1.165) is 11.8 Å². The number of aliphatic hydroxyl groups is 1. The average Bonchev–Trinajstić information content (AvgIpc) is 2.63. The van der Waals surface area contributed by atoms with Gasteiger partial charge >= 0.3 is 0 Å². The first kappa shape index (κ1) is 23.8. The van der Waals surface area contributed by atoms with Gasteiger partial charge in [-0.25, -0.2) is 21.1 Å². The van der Waals surface area contributed by atoms with Crippen LogP contribution in [0.25, 0.3) is 6.08 Å². The molecule has 1 aliphatic rings. The van der Waals surface area contributed by atoms with Gasteiger partial charge in [0.1, 0.15) is 16.7 Å². The maximum atomic E-state index is 13.3. The second-order valence-electron chi connectivity index (χ2n) is 7.49. The fourth-order valence-corrected chi connectivity index (χ4v) is 5.39. The highest BCUT2D eigenvalue weighted by molar-refractivity contribution is 7.89. The fourth-order valence-electron chi connectivity index (χ4n) is 3.14. The number of likely N-dealkylation sites (N-methyl/N-ethyl adjacent to an activating group) is 1. The number of rotatable bonds is 6. The highest BCUT2D eigenvalue weighted by Gasteiger charge is 2.38. The van der Waals surface area contributed by atoms with Crippen molar-refractivity contribution in [2.45, 2.75) is 37.8 Å². The molecule has 0 aliphatic carbocycles. The van der Waals surface area contributed by atoms with Crippen LogP contribution in [0.5, 0.6) is 5.75 Å². The molecule has 0 aromatic heterocycles. The van der Waals surface area contributed by atoms with Crippen molar-refractivity contribution in [2.24, 2.45) is 5.92 Å². The summed E-state index contributed by atoms with van der Waals surface area (Å²) in [4.78, 5) is 0.00459. The Labute approximate surface area is 173 Å². The predicted molar refractivity (Wildman–Crippen MR) is 113 cm³/mol. The van der Waals surface area contributed by atoms with Crippen molar-refractivity contribution in [3.63, 3.8) is 0 Å². The van der Waals surface area contributed by atoms with Crippen LogP contribution in [0.1, 0.15) is 26.3 Å². The number of hydrogen-bond donors (Lipinski definition) is 1. The lowest BCUT2D eigenvalue weighted by atomic mass is 10.0. The molecule has 10 heteroatoms. The lowest BCUT2D eigenvalue weighted by Gasteiger charge is -2.37. The van der Waals surface area contributed by atoms with E-state index in [1.165, 1.54) is 21.7 Å². The van der Waals surface area contributed by atoms with Gasteiger partial charge in [-0.05, 0) is 31.5 Å². The Morgan fingerprint density at radius 1 is 1.41 bits per heavy atom. The molecule has 29 heavy (non-hydrogen) atoms. The molecule has 0 amide bonds. The van der Waals surface area contributed by atoms with Crippen LogP contribution in [-0.2, 0) is 20.0 Å². The maximum absolute atomic E-state index is 13.3. The highest BCUT2D eigenvalue weighted by Crippen LogP contribution is 2.34. The van der Waals surface area contributed by atoms with E-state index in [9.17, 15) is 21.9 Å². The molecule has 0 bridgehead atoms. The van der Waals surface area contributed by atoms with Gasteiger partial charge in [-0.2, -0.15) is 4.31 Å². The van der Waals surface area contributed by atoms with Crippen LogP contribution in [0.2, 0.25) is 0 Å². The largest absolute Gasteiger partial charge is 0.487 e. The molecule has 1 aliphatic heterocycles. The van der Waals surface area contributed by atoms with E-state index >= 15 is 0 Å². The minimum Gasteiger partial charge on any atom is -0.487 e. The van der Waals surface area contributed by atoms with E-state index in [2.05, 4.69) is 0 Å². The summed E-state index contributed by atoms with van der Waals surface area (Å²) in [5.41, 5.74) is 0.770. The number of benzene rings is 1. The molecule has 1 aromatic rings. The Balaban J connectivity index is 2.61. The molecular weight excluding hydrogens is 416 g/mol. The van der Waals surface area contributed by atoms with Crippen LogP contribution in [0, 0.1) is 5.92 Å². The maximum Gasteiger partial charge on any atom is 0.247 e. The summed E-state index contributed by atoms with van der Waals surface area (Å²) in [6.07, 6.45) is 4.20. The molecule has 0 saturated carbocycles. The van der Waals surface area contributed by atoms with Crippen LogP contribution in [0.15, 0.2) is 29.2 Å². The molecule has 3 atom stereocenters. The van der Waals surface area contributed by atoms with Crippen molar-refractivity contribution < 1.29 is 26.7 Å². The van der Waals surface area contributed by atoms with Crippen LogP contribution in [-0.4, -0.2) is 75.7 Å². The van der Waals surface area contributed by atoms with Crippen molar-refractivity contribution in [3.05, 3.63) is 29.8 Å². The van der Waals surface area contributed by atoms with Gasteiger partial charge in [0.15, 0.2) is 0 Å². The van der Waals surface area contributed by atoms with Crippen LogP contribution >= 0.6 is 0 Å². The molecule has 164 valence electrons. The zero-order chi connectivity index (χ0) is 22.0. The van der Waals surface area contributed by atoms with Gasteiger partial charge in [0.05, 0.1) is 19.4 Å². The molecule has 1 heterocycles. The van der Waals surface area contributed by atoms with Gasteiger partial charge in [0.2, 0.25) is 20.0 Å². The third kappa shape index (κ3) is 5.37. The summed E-state index contributed by atoms with van der Waals surface area (Å²) in [6.45, 7) is 5.15. The highest BCUT2D eigenvalue weighted by atomic mass is 32.2. The lowest BCUT2D eigenvalue weighted by Crippen LogP contribution is -2.50. The number of sulfonamides is 2. The second-order valence-corrected chi connectivity index (χ2v) is 11.4. The van der Waals surface area contributed by atoms with Gasteiger partial charge in [-0.15, -0.1) is 0 Å². The van der Waals surface area contributed by atoms with Crippen molar-refractivity contribution in [3.8, 4) is 5.75 Å². The summed E-state index contributed by atoms with van der Waals surface area (Å²) in [5, 5.41) is 9.61. The van der Waals surface area contributed by atoms with E-state index in [4.69, 9.17) is 4.74 Å². The number of nitrogens with zero attached hydrogens (tertiary/aromatic N) is 2. The summed E-state index contributed by atoms with van der Waals surface area (Å²) in [7, 11) is -5.87. The SMILES string of the molecule is C/C=C/c1ccc2c(c1)O[C@H](CN(C)S(C)(=O)=O)[C@@H](C)CN([C@@H](C)CO)S2(=O)=O. The Morgan fingerprint density at radius 2 is 2.07 bits per heavy atom. The molecule has 0 radical (unpaired) electrons. The molecule has 8 nitrogen and oxygen atoms in total. The summed E-state index contributed by atoms with van der Waals surface area (Å²) >= 11 is 0. The molecule has 1 aromatic carbocycles. The van der Waals surface area contributed by atoms with E-state index in [1.807, 2.05) is 26.0 Å². The van der Waals surface area contributed by atoms with Crippen LogP contribution < -0.4 is 4.74 Å². The van der Waals surface area contributed by atoms with Gasteiger partial charge in [-0.1, -0.05) is 25.1 Å². The molecule has 1 N–H and O–H groups in total. The number of allylic oxidation sites excluding steroid dienone is 1. The minimum atomic E-state index is -3.91. The zero-order valence-corrected chi connectivity index (χ0v) is 19.1. The number of hydrogen-bond acceptors (Lipinski definition) is 6. The van der Waals surface area contributed by atoms with Gasteiger partial charge in [0.25, 0.3) is 0 Å². The van der Waals surface area contributed by atoms with Gasteiger partial charge in [-0.3, -0.25) is 0 Å². The van der Waals surface area contributed by atoms with E-state index < -0.39 is 32.2 Å². The minimum absolute atomic E-state index is 0.00459. The molecule has 0 saturated heterocycles. The Hall–Kier alpha value is -1.46. The Kier molecular flexibility index (Phi) is 7.50. The van der Waals surface area contributed by atoms with Gasteiger partial charge < -0.3 is 9.84 Å². The normalized spacial score (nSPS) is 24.0. The number of fused-ring (bicyclic) bond motifs is 1. The summed E-state index contributed by atoms with van der Waals surface area (Å²) in [5.74, 6) is -0.143. The predicted octanol–water partition coefficient (Wildman–Crippen LogP) is 1.38. The van der Waals surface area contributed by atoms with E-state index in [-0.39, 0.29) is 36.3 Å². The standard InChI is InChI=1S/C19H30N2O6S2/c1-6-7-16-8-9-19-17(10-16)27-18(12-20(4)28(5,23)24)14(2)11-21(15(3)13-22)29(19,25)26/h6-10,14-15,18,22H,11-13H2,1-5H3/b7-6+/t14-,15-,18+/m0/s1. The van der Waals surface area contributed by atoms with E-state index in [0.29, 0.717) is 0 Å². The van der Waals surface area contributed by atoms with Crippen LogP contribution in [0.3, 0.4) is 0 Å². The van der Waals surface area contributed by atoms with Crippen molar-refractivity contribution in [2.75, 3.05) is 33.0 Å². The number of ether oxygens (including phenoxy) is 1. The topological polar surface area (TPSA) is 104 Å². The Bertz CT molecular complexity index is 959. The molecule has 0 fully saturated rings. The molecular formula is C19H30N2O6S2. The van der Waals surface area contributed by atoms with Crippen molar-refractivity contribution in [1.82, 2.24) is 8.61 Å². The number of aliphatic hydroxyl groups excluding tert-OH is 1. The van der Waals surface area contributed by atoms with Gasteiger partial charge in [0, 0.05) is 25.6 Å². The van der Waals surface area contributed by atoms with Crippen molar-refractivity contribution >= 4 is 26.1 Å². The first-order valence-electron chi connectivity index (χ1n) is 9.39. The molecule has 0 unspecified atom stereocenters. The third-order valence-corrected chi connectivity index (χ3v) is 8.35. The first-order valence-corrected chi connectivity index (χ1v) is 12.7. The fraction of sp³-hybridized carbons (Fsp3) is 0.579. The summed E-state index contributed by atoms with van der Waals surface area (Å²) < 4.78 is 58.9. The zero-order valence-electron chi connectivity index (χ0n) is 17.4. The Morgan fingerprint density at radius 3 is 2.62 bits per heavy atom. The summed E-state index contributed by atoms with van der Waals surface area (Å²) in [6, 6.07) is 4.19. The second kappa shape index (κ2) is 9.13. The monoisotopic (exact) mass is 446 g/mol. The third-order valence-electron chi connectivity index (χ3n) is 5.05. The first-order chi connectivity index (χ1) is 13.4. The van der Waals surface area contributed by atoms with E-state index in [1.54, 1.807) is 19.1 Å². The smallest absolute Gasteiger partial charge is 0.247 e. The molecule has 0 spiro atoms. The quantitative estimate of drug-likeness (QED) is 0.708. The van der Waals surface area contributed by atoms with Crippen LogP contribution in [0.4, 0.5) is 0 Å².